The van der Waals surface area contributed by atoms with E-state index >= 15 is 0 Å². The number of ether oxygens (including phenoxy) is 3. The summed E-state index contributed by atoms with van der Waals surface area (Å²) in [5.41, 5.74) is 3.18. The van der Waals surface area contributed by atoms with Crippen LogP contribution in [-0.4, -0.2) is 35.9 Å². The van der Waals surface area contributed by atoms with Crippen LogP contribution in [0, 0.1) is 6.92 Å². The monoisotopic (exact) mass is 477 g/mol. The van der Waals surface area contributed by atoms with Crippen LogP contribution in [0.3, 0.4) is 0 Å². The minimum Gasteiger partial charge on any atom is -0.496 e. The molecule has 30 heavy (non-hydrogen) atoms. The van der Waals surface area contributed by atoms with E-state index < -0.39 is 15.7 Å². The highest BCUT2D eigenvalue weighted by atomic mass is 35.6. The van der Waals surface area contributed by atoms with E-state index in [4.69, 9.17) is 44.3 Å². The average Bonchev–Trinajstić information content (AvgIpc) is 3.07. The molecule has 0 atom stereocenters. The van der Waals surface area contributed by atoms with E-state index in [1.165, 1.54) is 14.2 Å². The van der Waals surface area contributed by atoms with Gasteiger partial charge in [-0.2, -0.15) is 0 Å². The van der Waals surface area contributed by atoms with Gasteiger partial charge in [-0.1, -0.05) is 46.5 Å². The van der Waals surface area contributed by atoms with Crippen molar-refractivity contribution in [3.63, 3.8) is 0 Å². The number of carbonyl (C=O) groups is 3. The highest BCUT2D eigenvalue weighted by Gasteiger charge is 2.36. The number of hydrogen-bond acceptors (Lipinski definition) is 6. The molecule has 164 valence electrons. The fourth-order valence-corrected chi connectivity index (χ4v) is 3.30. The third-order valence-electron chi connectivity index (χ3n) is 4.78. The Morgan fingerprint density at radius 3 is 2.47 bits per heavy atom. The van der Waals surface area contributed by atoms with Crippen LogP contribution in [-0.2, 0) is 32.1 Å². The van der Waals surface area contributed by atoms with E-state index in [0.717, 1.165) is 11.1 Å². The molecule has 0 spiro atoms. The zero-order valence-corrected chi connectivity index (χ0v) is 19.3. The first kappa shape index (κ1) is 24.3. The lowest BCUT2D eigenvalue weighted by Crippen LogP contribution is -2.28. The molecule has 0 unspecified atom stereocenters. The molecule has 0 saturated carbocycles. The molecule has 2 rings (SSSR count). The Morgan fingerprint density at radius 2 is 1.90 bits per heavy atom. The number of methoxy groups -OCH3 is 2. The highest BCUT2D eigenvalue weighted by molar-refractivity contribution is 6.76. The molecule has 0 radical (unpaired) electrons. The van der Waals surface area contributed by atoms with Gasteiger partial charge in [0.1, 0.15) is 12.4 Å². The van der Waals surface area contributed by atoms with Crippen molar-refractivity contribution in [1.29, 1.82) is 0 Å². The molecule has 1 amide bonds. The lowest BCUT2D eigenvalue weighted by Gasteiger charge is -2.21. The number of fused-ring (bicyclic) bond motifs is 1. The third kappa shape index (κ3) is 5.39. The SMILES string of the molecule is COC(=O)CC/C(C)=C/Cc1c(NC(=O)C(Cl)(Cl)Cl)c2c(c(C)c1OC)COC2=O. The van der Waals surface area contributed by atoms with Crippen LogP contribution in [0.25, 0.3) is 0 Å². The molecule has 1 heterocycles. The number of halogens is 3. The maximum absolute atomic E-state index is 12.4. The summed E-state index contributed by atoms with van der Waals surface area (Å²) in [7, 11) is 2.82. The Morgan fingerprint density at radius 1 is 1.23 bits per heavy atom. The van der Waals surface area contributed by atoms with Crippen molar-refractivity contribution >= 4 is 58.3 Å². The molecule has 0 fully saturated rings. The minimum absolute atomic E-state index is 0.0568. The Bertz CT molecular complexity index is 905. The van der Waals surface area contributed by atoms with Gasteiger partial charge in [-0.25, -0.2) is 4.79 Å². The van der Waals surface area contributed by atoms with Gasteiger partial charge in [0.25, 0.3) is 9.70 Å². The zero-order chi connectivity index (χ0) is 22.6. The topological polar surface area (TPSA) is 90.9 Å². The van der Waals surface area contributed by atoms with Crippen molar-refractivity contribution in [1.82, 2.24) is 0 Å². The van der Waals surface area contributed by atoms with Gasteiger partial charge in [-0.15, -0.1) is 0 Å². The summed E-state index contributed by atoms with van der Waals surface area (Å²) in [4.78, 5) is 36.1. The summed E-state index contributed by atoms with van der Waals surface area (Å²) in [6.07, 6.45) is 2.91. The Kier molecular flexibility index (Phi) is 8.02. The average molecular weight is 479 g/mol. The van der Waals surface area contributed by atoms with Crippen LogP contribution in [0.4, 0.5) is 5.69 Å². The largest absolute Gasteiger partial charge is 0.496 e. The van der Waals surface area contributed by atoms with Crippen LogP contribution < -0.4 is 10.1 Å². The molecule has 0 aromatic heterocycles. The first-order valence-corrected chi connectivity index (χ1v) is 10.1. The van der Waals surface area contributed by atoms with Crippen molar-refractivity contribution in [2.24, 2.45) is 0 Å². The van der Waals surface area contributed by atoms with Gasteiger partial charge in [0.2, 0.25) is 0 Å². The number of esters is 2. The number of rotatable bonds is 7. The number of nitrogens with one attached hydrogen (secondary N) is 1. The fourth-order valence-electron chi connectivity index (χ4n) is 3.15. The van der Waals surface area contributed by atoms with Crippen LogP contribution in [0.1, 0.15) is 46.8 Å². The van der Waals surface area contributed by atoms with Gasteiger partial charge in [-0.3, -0.25) is 9.59 Å². The quantitative estimate of drug-likeness (QED) is 0.354. The summed E-state index contributed by atoms with van der Waals surface area (Å²) in [6, 6.07) is 0. The molecule has 1 aliphatic rings. The summed E-state index contributed by atoms with van der Waals surface area (Å²) in [5, 5.41) is 2.55. The van der Waals surface area contributed by atoms with Crippen LogP contribution in [0.2, 0.25) is 0 Å². The van der Waals surface area contributed by atoms with Crippen molar-refractivity contribution in [2.45, 2.75) is 43.5 Å². The molecule has 1 aromatic rings. The van der Waals surface area contributed by atoms with E-state index in [1.54, 1.807) is 6.92 Å². The molecule has 10 heteroatoms. The summed E-state index contributed by atoms with van der Waals surface area (Å²) in [6.45, 7) is 3.72. The molecule has 0 aliphatic carbocycles. The molecule has 1 N–H and O–H groups in total. The molecule has 0 saturated heterocycles. The number of carbonyl (C=O) groups excluding carboxylic acids is 3. The number of cyclic esters (lactones) is 1. The molecule has 7 nitrogen and oxygen atoms in total. The first-order chi connectivity index (χ1) is 14.0. The minimum atomic E-state index is -2.23. The van der Waals surface area contributed by atoms with Gasteiger partial charge < -0.3 is 19.5 Å². The second-order valence-corrected chi connectivity index (χ2v) is 9.01. The van der Waals surface area contributed by atoms with Crippen molar-refractivity contribution in [3.8, 4) is 5.75 Å². The van der Waals surface area contributed by atoms with Crippen LogP contribution in [0.15, 0.2) is 11.6 Å². The lowest BCUT2D eigenvalue weighted by molar-refractivity contribution is -0.140. The molecule has 0 bridgehead atoms. The number of amides is 1. The first-order valence-electron chi connectivity index (χ1n) is 9.01. The van der Waals surface area contributed by atoms with Gasteiger partial charge in [0.15, 0.2) is 0 Å². The summed E-state index contributed by atoms with van der Waals surface area (Å²) in [5.74, 6) is -1.31. The lowest BCUT2D eigenvalue weighted by atomic mass is 9.93. The predicted molar refractivity (Wildman–Crippen MR) is 114 cm³/mol. The second kappa shape index (κ2) is 9.90. The normalized spacial score (nSPS) is 13.6. The maximum atomic E-state index is 12.4. The maximum Gasteiger partial charge on any atom is 0.341 e. The predicted octanol–water partition coefficient (Wildman–Crippen LogP) is 4.42. The second-order valence-electron chi connectivity index (χ2n) is 6.72. The standard InChI is InChI=1S/C20H22Cl3NO6/c1-10(6-8-14(25)28-3)5-7-12-16(24-19(27)20(21,22)23)15-13(9-30-18(15)26)11(2)17(12)29-4/h5H,6-9H2,1-4H3,(H,24,27)/b10-5+. The van der Waals surface area contributed by atoms with E-state index in [9.17, 15) is 14.4 Å². The van der Waals surface area contributed by atoms with E-state index in [-0.39, 0.29) is 30.2 Å². The summed E-state index contributed by atoms with van der Waals surface area (Å²) < 4.78 is 13.2. The Hall–Kier alpha value is -1.96. The number of alkyl halides is 3. The molecular weight excluding hydrogens is 457 g/mol. The number of hydrogen-bond donors (Lipinski definition) is 1. The van der Waals surface area contributed by atoms with Gasteiger partial charge >= 0.3 is 11.9 Å². The van der Waals surface area contributed by atoms with Gasteiger partial charge in [0, 0.05) is 17.5 Å². The number of anilines is 1. The van der Waals surface area contributed by atoms with E-state index in [2.05, 4.69) is 10.1 Å². The smallest absolute Gasteiger partial charge is 0.341 e. The van der Waals surface area contributed by atoms with E-state index in [0.29, 0.717) is 29.7 Å². The Labute approximate surface area is 189 Å². The fraction of sp³-hybridized carbons (Fsp3) is 0.450. The number of benzene rings is 1. The summed E-state index contributed by atoms with van der Waals surface area (Å²) >= 11 is 17.1. The van der Waals surface area contributed by atoms with Gasteiger partial charge in [0.05, 0.1) is 25.5 Å². The van der Waals surface area contributed by atoms with Gasteiger partial charge in [-0.05, 0) is 32.3 Å². The van der Waals surface area contributed by atoms with Crippen LogP contribution in [0.5, 0.6) is 5.75 Å². The van der Waals surface area contributed by atoms with Crippen molar-refractivity contribution < 1.29 is 28.6 Å². The van der Waals surface area contributed by atoms with Crippen molar-refractivity contribution in [3.05, 3.63) is 33.9 Å². The third-order valence-corrected chi connectivity index (χ3v) is 5.29. The number of allylic oxidation sites excluding steroid dienone is 2. The van der Waals surface area contributed by atoms with E-state index in [1.807, 2.05) is 13.0 Å². The zero-order valence-electron chi connectivity index (χ0n) is 17.0. The van der Waals surface area contributed by atoms with Crippen molar-refractivity contribution in [2.75, 3.05) is 19.5 Å². The van der Waals surface area contributed by atoms with Crippen LogP contribution >= 0.6 is 34.8 Å². The molecule has 1 aromatic carbocycles. The molecular formula is C20H22Cl3NO6. The Balaban J connectivity index is 2.52. The highest BCUT2D eigenvalue weighted by Crippen LogP contribution is 2.42. The molecule has 1 aliphatic heterocycles.